The van der Waals surface area contributed by atoms with E-state index in [1.807, 2.05) is 25.1 Å². The van der Waals surface area contributed by atoms with Crippen LogP contribution in [0.1, 0.15) is 15.2 Å². The van der Waals surface area contributed by atoms with E-state index in [-0.39, 0.29) is 5.91 Å². The summed E-state index contributed by atoms with van der Waals surface area (Å²) in [4.78, 5) is 12.7. The summed E-state index contributed by atoms with van der Waals surface area (Å²) in [6.45, 7) is 2.00. The molecule has 0 unspecified atom stereocenters. The number of anilines is 1. The van der Waals surface area contributed by atoms with E-state index in [0.717, 1.165) is 24.0 Å². The van der Waals surface area contributed by atoms with Gasteiger partial charge in [0.1, 0.15) is 0 Å². The van der Waals surface area contributed by atoms with E-state index >= 15 is 0 Å². The summed E-state index contributed by atoms with van der Waals surface area (Å²) < 4.78 is 2.79. The molecule has 2 aromatic rings. The maximum Gasteiger partial charge on any atom is 0.265 e. The maximum absolute atomic E-state index is 12.0. The van der Waals surface area contributed by atoms with Gasteiger partial charge in [-0.3, -0.25) is 4.79 Å². The fraction of sp³-hybridized carbons (Fsp3) is 0.0833. The largest absolute Gasteiger partial charge is 0.321 e. The van der Waals surface area contributed by atoms with Gasteiger partial charge in [-0.25, -0.2) is 0 Å². The number of halogens is 3. The standard InChI is InChI=1S/C12H8Br3NOS/c1-6-2-3-7(4-8(6)13)16-12(17)10-5-9(14)11(15)18-10/h2-5H,1H3,(H,16,17). The molecule has 1 amide bonds. The molecule has 0 fully saturated rings. The second-order valence-electron chi connectivity index (χ2n) is 3.65. The average molecular weight is 454 g/mol. The normalized spacial score (nSPS) is 10.4. The first-order valence-corrected chi connectivity index (χ1v) is 8.19. The number of carbonyl (C=O) groups is 1. The lowest BCUT2D eigenvalue weighted by molar-refractivity contribution is 0.103. The number of hydrogen-bond acceptors (Lipinski definition) is 2. The van der Waals surface area contributed by atoms with Crippen LogP contribution < -0.4 is 5.32 Å². The lowest BCUT2D eigenvalue weighted by Crippen LogP contribution is -2.10. The third-order valence-corrected chi connectivity index (χ3v) is 6.41. The van der Waals surface area contributed by atoms with Crippen LogP contribution in [0.3, 0.4) is 0 Å². The fourth-order valence-corrected chi connectivity index (χ4v) is 3.63. The van der Waals surface area contributed by atoms with Crippen LogP contribution >= 0.6 is 59.1 Å². The molecule has 1 aromatic carbocycles. The minimum Gasteiger partial charge on any atom is -0.321 e. The number of nitrogens with one attached hydrogen (secondary N) is 1. The maximum atomic E-state index is 12.0. The molecule has 0 saturated carbocycles. The number of aryl methyl sites for hydroxylation is 1. The highest BCUT2D eigenvalue weighted by Crippen LogP contribution is 2.32. The summed E-state index contributed by atoms with van der Waals surface area (Å²) in [6, 6.07) is 7.54. The molecule has 0 spiro atoms. The van der Waals surface area contributed by atoms with Gasteiger partial charge in [-0.2, -0.15) is 0 Å². The van der Waals surface area contributed by atoms with Gasteiger partial charge in [0.15, 0.2) is 0 Å². The SMILES string of the molecule is Cc1ccc(NC(=O)c2cc(Br)c(Br)s2)cc1Br. The Bertz CT molecular complexity index is 590. The molecular weight excluding hydrogens is 446 g/mol. The first kappa shape index (κ1) is 14.2. The molecule has 0 radical (unpaired) electrons. The Hall–Kier alpha value is -0.170. The molecule has 6 heteroatoms. The van der Waals surface area contributed by atoms with Crippen molar-refractivity contribution < 1.29 is 4.79 Å². The van der Waals surface area contributed by atoms with Crippen LogP contribution in [0.4, 0.5) is 5.69 Å². The second-order valence-corrected chi connectivity index (χ2v) is 7.73. The van der Waals surface area contributed by atoms with Gasteiger partial charge in [0.05, 0.1) is 8.66 Å². The van der Waals surface area contributed by atoms with Crippen molar-refractivity contribution >= 4 is 70.7 Å². The fourth-order valence-electron chi connectivity index (χ4n) is 1.32. The van der Waals surface area contributed by atoms with Crippen LogP contribution in [-0.4, -0.2) is 5.91 Å². The first-order chi connectivity index (χ1) is 8.47. The lowest BCUT2D eigenvalue weighted by atomic mass is 10.2. The summed E-state index contributed by atoms with van der Waals surface area (Å²) in [5.74, 6) is -0.109. The van der Waals surface area contributed by atoms with Gasteiger partial charge < -0.3 is 5.32 Å². The molecule has 0 aliphatic heterocycles. The molecule has 0 aliphatic rings. The molecule has 18 heavy (non-hydrogen) atoms. The smallest absolute Gasteiger partial charge is 0.265 e. The van der Waals surface area contributed by atoms with Crippen molar-refractivity contribution in [2.45, 2.75) is 6.92 Å². The predicted molar refractivity (Wildman–Crippen MR) is 86.6 cm³/mol. The van der Waals surface area contributed by atoms with Gasteiger partial charge in [-0.15, -0.1) is 11.3 Å². The van der Waals surface area contributed by atoms with E-state index in [2.05, 4.69) is 53.1 Å². The van der Waals surface area contributed by atoms with E-state index in [4.69, 9.17) is 0 Å². The molecular formula is C12H8Br3NOS. The number of thiophene rings is 1. The molecule has 2 nitrogen and oxygen atoms in total. The van der Waals surface area contributed by atoms with Crippen molar-refractivity contribution in [2.24, 2.45) is 0 Å². The molecule has 0 aliphatic carbocycles. The third kappa shape index (κ3) is 3.23. The molecule has 0 saturated heterocycles. The van der Waals surface area contributed by atoms with Crippen molar-refractivity contribution in [1.82, 2.24) is 0 Å². The van der Waals surface area contributed by atoms with Crippen LogP contribution in [0.2, 0.25) is 0 Å². The van der Waals surface area contributed by atoms with E-state index in [1.165, 1.54) is 11.3 Å². The summed E-state index contributed by atoms with van der Waals surface area (Å²) in [5, 5.41) is 2.87. The number of carbonyl (C=O) groups excluding carboxylic acids is 1. The Morgan fingerprint density at radius 2 is 1.89 bits per heavy atom. The van der Waals surface area contributed by atoms with Crippen LogP contribution in [-0.2, 0) is 0 Å². The summed E-state index contributed by atoms with van der Waals surface area (Å²) in [5.41, 5.74) is 1.91. The highest BCUT2D eigenvalue weighted by atomic mass is 79.9. The predicted octanol–water partition coefficient (Wildman–Crippen LogP) is 5.60. The van der Waals surface area contributed by atoms with E-state index in [9.17, 15) is 4.79 Å². The molecule has 1 heterocycles. The van der Waals surface area contributed by atoms with Crippen LogP contribution in [0.15, 0.2) is 37.0 Å². The van der Waals surface area contributed by atoms with Gasteiger partial charge in [-0.05, 0) is 62.5 Å². The summed E-state index contributed by atoms with van der Waals surface area (Å²) in [7, 11) is 0. The Kier molecular flexibility index (Phi) is 4.64. The zero-order chi connectivity index (χ0) is 13.3. The summed E-state index contributed by atoms with van der Waals surface area (Å²) in [6.07, 6.45) is 0. The van der Waals surface area contributed by atoms with Crippen molar-refractivity contribution in [3.05, 3.63) is 47.4 Å². The molecule has 2 rings (SSSR count). The minimum atomic E-state index is -0.109. The highest BCUT2D eigenvalue weighted by Gasteiger charge is 2.12. The van der Waals surface area contributed by atoms with Gasteiger partial charge >= 0.3 is 0 Å². The van der Waals surface area contributed by atoms with Crippen LogP contribution in [0, 0.1) is 6.92 Å². The average Bonchev–Trinajstić information content (AvgIpc) is 2.65. The van der Waals surface area contributed by atoms with Crippen molar-refractivity contribution in [1.29, 1.82) is 0 Å². The van der Waals surface area contributed by atoms with Crippen molar-refractivity contribution in [3.63, 3.8) is 0 Å². The van der Waals surface area contributed by atoms with Crippen molar-refractivity contribution in [2.75, 3.05) is 5.32 Å². The van der Waals surface area contributed by atoms with Gasteiger partial charge in [-0.1, -0.05) is 22.0 Å². The number of hydrogen-bond donors (Lipinski definition) is 1. The van der Waals surface area contributed by atoms with E-state index < -0.39 is 0 Å². The van der Waals surface area contributed by atoms with Gasteiger partial charge in [0.2, 0.25) is 0 Å². The molecule has 94 valence electrons. The quantitative estimate of drug-likeness (QED) is 0.630. The summed E-state index contributed by atoms with van der Waals surface area (Å²) >= 11 is 11.6. The Morgan fingerprint density at radius 3 is 2.44 bits per heavy atom. The highest BCUT2D eigenvalue weighted by molar-refractivity contribution is 9.13. The van der Waals surface area contributed by atoms with Gasteiger partial charge in [0.25, 0.3) is 5.91 Å². The monoisotopic (exact) mass is 451 g/mol. The molecule has 1 N–H and O–H groups in total. The number of amides is 1. The topological polar surface area (TPSA) is 29.1 Å². The number of rotatable bonds is 2. The Morgan fingerprint density at radius 1 is 1.17 bits per heavy atom. The van der Waals surface area contributed by atoms with E-state index in [1.54, 1.807) is 6.07 Å². The second kappa shape index (κ2) is 5.86. The minimum absolute atomic E-state index is 0.109. The molecule has 0 bridgehead atoms. The zero-order valence-corrected chi connectivity index (χ0v) is 14.8. The molecule has 0 atom stereocenters. The number of benzene rings is 1. The lowest BCUT2D eigenvalue weighted by Gasteiger charge is -2.05. The van der Waals surface area contributed by atoms with Crippen molar-refractivity contribution in [3.8, 4) is 0 Å². The van der Waals surface area contributed by atoms with Crippen LogP contribution in [0.25, 0.3) is 0 Å². The molecule has 1 aromatic heterocycles. The Labute approximate surface area is 134 Å². The Balaban J connectivity index is 2.18. The van der Waals surface area contributed by atoms with Gasteiger partial charge in [0, 0.05) is 14.6 Å². The first-order valence-electron chi connectivity index (χ1n) is 4.99. The van der Waals surface area contributed by atoms with E-state index in [0.29, 0.717) is 4.88 Å². The van der Waals surface area contributed by atoms with Crippen LogP contribution in [0.5, 0.6) is 0 Å². The zero-order valence-electron chi connectivity index (χ0n) is 9.26. The third-order valence-electron chi connectivity index (χ3n) is 2.30.